The van der Waals surface area contributed by atoms with Gasteiger partial charge < -0.3 is 14.8 Å². The highest BCUT2D eigenvalue weighted by atomic mass is 35.5. The minimum absolute atomic E-state index is 0.193. The molecule has 1 aliphatic heterocycles. The number of anilines is 2. The number of fused-ring (bicyclic) bond motifs is 1. The summed E-state index contributed by atoms with van der Waals surface area (Å²) in [6.07, 6.45) is 2.07. The maximum absolute atomic E-state index is 13.9. The first-order chi connectivity index (χ1) is 16.1. The van der Waals surface area contributed by atoms with Crippen molar-refractivity contribution in [2.75, 3.05) is 18.5 Å². The molecule has 0 amide bonds. The van der Waals surface area contributed by atoms with Crippen molar-refractivity contribution in [1.29, 1.82) is 0 Å². The average Bonchev–Trinajstić information content (AvgIpc) is 3.32. The minimum Gasteiger partial charge on any atom is -0.479 e. The Morgan fingerprint density at radius 2 is 1.94 bits per heavy atom. The summed E-state index contributed by atoms with van der Waals surface area (Å²) in [5.41, 5.74) is 2.44. The van der Waals surface area contributed by atoms with E-state index < -0.39 is 11.6 Å². The Balaban J connectivity index is 1.39. The van der Waals surface area contributed by atoms with Crippen LogP contribution in [0.4, 0.5) is 20.3 Å². The number of ether oxygens (including phenoxy) is 2. The molecular formula is C24H17ClF2N4O2. The molecule has 5 rings (SSSR count). The zero-order valence-electron chi connectivity index (χ0n) is 17.2. The lowest BCUT2D eigenvalue weighted by Gasteiger charge is -2.12. The first-order valence-corrected chi connectivity index (χ1v) is 10.5. The van der Waals surface area contributed by atoms with Gasteiger partial charge in [0.05, 0.1) is 17.1 Å². The Bertz CT molecular complexity index is 1380. The molecule has 0 aliphatic carbocycles. The molecule has 0 saturated heterocycles. The van der Waals surface area contributed by atoms with Gasteiger partial charge in [0.15, 0.2) is 17.5 Å². The lowest BCUT2D eigenvalue weighted by atomic mass is 10.1. The van der Waals surface area contributed by atoms with E-state index in [0.717, 1.165) is 28.4 Å². The third-order valence-corrected chi connectivity index (χ3v) is 5.33. The number of halogens is 3. The van der Waals surface area contributed by atoms with Gasteiger partial charge in [-0.1, -0.05) is 23.7 Å². The molecule has 1 aliphatic rings. The van der Waals surface area contributed by atoms with Crippen molar-refractivity contribution in [3.8, 4) is 11.5 Å². The number of aliphatic imine (C=N–C) groups is 1. The smallest absolute Gasteiger partial charge is 0.201 e. The van der Waals surface area contributed by atoms with Crippen LogP contribution >= 0.6 is 11.6 Å². The largest absolute Gasteiger partial charge is 0.479 e. The van der Waals surface area contributed by atoms with Crippen LogP contribution in [0.2, 0.25) is 5.02 Å². The molecule has 4 aromatic rings. The van der Waals surface area contributed by atoms with Crippen LogP contribution in [0.5, 0.6) is 11.5 Å². The van der Waals surface area contributed by atoms with Crippen LogP contribution in [0.15, 0.2) is 65.9 Å². The summed E-state index contributed by atoms with van der Waals surface area (Å²) in [5.74, 6) is -0.812. The Morgan fingerprint density at radius 1 is 1.03 bits per heavy atom. The van der Waals surface area contributed by atoms with Crippen LogP contribution in [0.3, 0.4) is 0 Å². The number of hydrogen-bond acceptors (Lipinski definition) is 6. The highest BCUT2D eigenvalue weighted by Crippen LogP contribution is 2.34. The lowest BCUT2D eigenvalue weighted by molar-refractivity contribution is 0.341. The molecule has 0 saturated carbocycles. The minimum atomic E-state index is -1.08. The third kappa shape index (κ3) is 4.56. The molecule has 0 bridgehead atoms. The summed E-state index contributed by atoms with van der Waals surface area (Å²) in [4.78, 5) is 13.0. The van der Waals surface area contributed by atoms with Crippen LogP contribution in [-0.4, -0.2) is 29.0 Å². The van der Waals surface area contributed by atoms with E-state index in [4.69, 9.17) is 21.1 Å². The Labute approximate surface area is 192 Å². The molecule has 166 valence electrons. The van der Waals surface area contributed by atoms with Gasteiger partial charge in [0.25, 0.3) is 0 Å². The lowest BCUT2D eigenvalue weighted by Crippen LogP contribution is -2.03. The molecule has 33 heavy (non-hydrogen) atoms. The summed E-state index contributed by atoms with van der Waals surface area (Å²) in [6.45, 7) is 1.30. The summed E-state index contributed by atoms with van der Waals surface area (Å²) >= 11 is 6.34. The van der Waals surface area contributed by atoms with Gasteiger partial charge in [-0.05, 0) is 48.0 Å². The van der Waals surface area contributed by atoms with Crippen LogP contribution in [0, 0.1) is 11.6 Å². The number of hydrogen-bond donors (Lipinski definition) is 1. The second-order valence-corrected chi connectivity index (χ2v) is 7.71. The van der Waals surface area contributed by atoms with Crippen molar-refractivity contribution >= 4 is 39.9 Å². The van der Waals surface area contributed by atoms with E-state index in [1.165, 1.54) is 18.5 Å². The Morgan fingerprint density at radius 3 is 2.76 bits per heavy atom. The fourth-order valence-electron chi connectivity index (χ4n) is 3.45. The second-order valence-electron chi connectivity index (χ2n) is 7.30. The van der Waals surface area contributed by atoms with E-state index in [1.54, 1.807) is 18.2 Å². The van der Waals surface area contributed by atoms with Crippen molar-refractivity contribution in [3.05, 3.63) is 83.1 Å². The number of nitrogens with one attached hydrogen (secondary N) is 1. The second kappa shape index (κ2) is 8.99. The van der Waals surface area contributed by atoms with E-state index in [9.17, 15) is 8.78 Å². The molecule has 0 radical (unpaired) electrons. The van der Waals surface area contributed by atoms with E-state index in [2.05, 4.69) is 20.3 Å². The maximum Gasteiger partial charge on any atom is 0.201 e. The van der Waals surface area contributed by atoms with Crippen molar-refractivity contribution in [1.82, 2.24) is 9.97 Å². The van der Waals surface area contributed by atoms with E-state index in [0.29, 0.717) is 31.1 Å². The van der Waals surface area contributed by atoms with Crippen molar-refractivity contribution in [2.45, 2.75) is 6.42 Å². The number of nitrogens with zero attached hydrogens (tertiary/aromatic N) is 3. The van der Waals surface area contributed by atoms with E-state index in [-0.39, 0.29) is 16.5 Å². The van der Waals surface area contributed by atoms with E-state index in [1.807, 2.05) is 18.2 Å². The first kappa shape index (κ1) is 21.1. The fourth-order valence-corrected chi connectivity index (χ4v) is 3.67. The standard InChI is InChI=1S/C24H17ClF2N4O2/c25-17-12-15(5-7-20(17)33-21-3-1-2-18(26)23(21)27)31-24-16-10-14(11-22-28-8-9-32-22)4-6-19(16)29-13-30-24/h1-7,10,12-13H,8-9,11H2,(H,29,30,31). The summed E-state index contributed by atoms with van der Waals surface area (Å²) in [5, 5.41) is 4.28. The summed E-state index contributed by atoms with van der Waals surface area (Å²) in [7, 11) is 0. The van der Waals surface area contributed by atoms with Crippen LogP contribution in [-0.2, 0) is 11.2 Å². The van der Waals surface area contributed by atoms with Gasteiger partial charge in [-0.15, -0.1) is 0 Å². The number of benzene rings is 3. The zero-order valence-corrected chi connectivity index (χ0v) is 17.9. The molecule has 1 N–H and O–H groups in total. The molecular weight excluding hydrogens is 450 g/mol. The molecule has 2 heterocycles. The van der Waals surface area contributed by atoms with Gasteiger partial charge in [-0.3, -0.25) is 4.99 Å². The van der Waals surface area contributed by atoms with Crippen LogP contribution in [0.1, 0.15) is 5.56 Å². The molecule has 0 atom stereocenters. The number of aromatic nitrogens is 2. The van der Waals surface area contributed by atoms with Gasteiger partial charge in [0, 0.05) is 17.5 Å². The molecule has 0 unspecified atom stereocenters. The Hall–Kier alpha value is -3.78. The van der Waals surface area contributed by atoms with Crippen molar-refractivity contribution in [2.24, 2.45) is 4.99 Å². The fraction of sp³-hybridized carbons (Fsp3) is 0.125. The first-order valence-electron chi connectivity index (χ1n) is 10.1. The molecule has 0 spiro atoms. The van der Waals surface area contributed by atoms with E-state index >= 15 is 0 Å². The average molecular weight is 467 g/mol. The molecule has 1 aromatic heterocycles. The highest BCUT2D eigenvalue weighted by molar-refractivity contribution is 6.32. The van der Waals surface area contributed by atoms with Gasteiger partial charge in [0.2, 0.25) is 5.82 Å². The summed E-state index contributed by atoms with van der Waals surface area (Å²) in [6, 6.07) is 14.5. The van der Waals surface area contributed by atoms with Crippen molar-refractivity contribution in [3.63, 3.8) is 0 Å². The predicted molar refractivity (Wildman–Crippen MR) is 123 cm³/mol. The zero-order chi connectivity index (χ0) is 22.8. The van der Waals surface area contributed by atoms with Crippen LogP contribution in [0.25, 0.3) is 10.9 Å². The van der Waals surface area contributed by atoms with Gasteiger partial charge in [-0.2, -0.15) is 4.39 Å². The molecule has 3 aromatic carbocycles. The van der Waals surface area contributed by atoms with Gasteiger partial charge >= 0.3 is 0 Å². The molecule has 9 heteroatoms. The maximum atomic E-state index is 13.9. The Kier molecular flexibility index (Phi) is 5.75. The monoisotopic (exact) mass is 466 g/mol. The van der Waals surface area contributed by atoms with Crippen molar-refractivity contribution < 1.29 is 18.3 Å². The number of rotatable bonds is 6. The normalized spacial score (nSPS) is 13.0. The topological polar surface area (TPSA) is 68.6 Å². The quantitative estimate of drug-likeness (QED) is 0.373. The predicted octanol–water partition coefficient (Wildman–Crippen LogP) is 6.07. The van der Waals surface area contributed by atoms with Gasteiger partial charge in [0.1, 0.15) is 24.5 Å². The highest BCUT2D eigenvalue weighted by Gasteiger charge is 2.14. The molecule has 6 nitrogen and oxygen atoms in total. The summed E-state index contributed by atoms with van der Waals surface area (Å²) < 4.78 is 38.3. The SMILES string of the molecule is Fc1cccc(Oc2ccc(Nc3ncnc4ccc(CC5=NCCO5)cc34)cc2Cl)c1F. The third-order valence-electron chi connectivity index (χ3n) is 5.03. The molecule has 0 fully saturated rings. The van der Waals surface area contributed by atoms with Gasteiger partial charge in [-0.25, -0.2) is 14.4 Å². The van der Waals surface area contributed by atoms with Crippen LogP contribution < -0.4 is 10.1 Å².